The molecule has 0 bridgehead atoms. The number of nitrogens with two attached hydrogens (primary N) is 1. The highest BCUT2D eigenvalue weighted by molar-refractivity contribution is 7.80. The zero-order valence-corrected chi connectivity index (χ0v) is 13.0. The second-order valence-corrected chi connectivity index (χ2v) is 5.49. The molecule has 5 heteroatoms. The fourth-order valence-electron chi connectivity index (χ4n) is 2.19. The first-order chi connectivity index (χ1) is 9.41. The number of hydrogen-bond acceptors (Lipinski definition) is 3. The van der Waals surface area contributed by atoms with Crippen LogP contribution >= 0.6 is 12.2 Å². The van der Waals surface area contributed by atoms with Crippen LogP contribution in [0.1, 0.15) is 36.6 Å². The van der Waals surface area contributed by atoms with Crippen molar-refractivity contribution in [3.8, 4) is 11.6 Å². The normalized spacial score (nSPS) is 10.8. The molecule has 0 aliphatic carbocycles. The summed E-state index contributed by atoms with van der Waals surface area (Å²) in [7, 11) is 1.82. The number of nitrogens with zero attached hydrogens (tertiary/aromatic N) is 2. The van der Waals surface area contributed by atoms with Crippen molar-refractivity contribution in [2.45, 2.75) is 26.7 Å². The van der Waals surface area contributed by atoms with Gasteiger partial charge < -0.3 is 10.5 Å². The monoisotopic (exact) mass is 289 g/mol. The third kappa shape index (κ3) is 2.67. The molecule has 0 fully saturated rings. The second-order valence-electron chi connectivity index (χ2n) is 5.05. The Morgan fingerprint density at radius 2 is 2.00 bits per heavy atom. The van der Waals surface area contributed by atoms with Gasteiger partial charge in [0.25, 0.3) is 0 Å². The summed E-state index contributed by atoms with van der Waals surface area (Å²) in [4.78, 5) is 0.299. The van der Waals surface area contributed by atoms with Crippen molar-refractivity contribution in [1.82, 2.24) is 9.78 Å². The number of hydrogen-bond donors (Lipinski definition) is 1. The largest absolute Gasteiger partial charge is 0.438 e. The summed E-state index contributed by atoms with van der Waals surface area (Å²) in [6.45, 7) is 6.13. The third-order valence-electron chi connectivity index (χ3n) is 3.16. The predicted octanol–water partition coefficient (Wildman–Crippen LogP) is 3.28. The smallest absolute Gasteiger partial charge is 0.228 e. The number of ether oxygens (including phenoxy) is 1. The quantitative estimate of drug-likeness (QED) is 0.878. The third-order valence-corrected chi connectivity index (χ3v) is 3.37. The molecule has 1 aromatic carbocycles. The molecule has 106 valence electrons. The van der Waals surface area contributed by atoms with E-state index in [1.807, 2.05) is 32.2 Å². The lowest BCUT2D eigenvalue weighted by atomic mass is 10.0. The Morgan fingerprint density at radius 1 is 1.35 bits per heavy atom. The molecule has 0 saturated heterocycles. The highest BCUT2D eigenvalue weighted by atomic mass is 32.1. The van der Waals surface area contributed by atoms with E-state index < -0.39 is 0 Å². The molecule has 0 radical (unpaired) electrons. The van der Waals surface area contributed by atoms with Gasteiger partial charge in [-0.05, 0) is 24.5 Å². The molecule has 0 aliphatic heterocycles. The van der Waals surface area contributed by atoms with Crippen LogP contribution in [0.4, 0.5) is 0 Å². The van der Waals surface area contributed by atoms with E-state index in [0.29, 0.717) is 22.3 Å². The Hall–Kier alpha value is -1.88. The summed E-state index contributed by atoms with van der Waals surface area (Å²) >= 11 is 5.10. The Balaban J connectivity index is 2.48. The standard InChI is InChI=1S/C15H19N3OS/c1-9(2)11-7-5-6-8-12(11)19-15-13(14(16)20)10(3)17-18(15)4/h5-9H,1-4H3,(H2,16,20). The first kappa shape index (κ1) is 14.5. The van der Waals surface area contributed by atoms with Crippen molar-refractivity contribution < 1.29 is 4.74 Å². The minimum absolute atomic E-state index is 0.299. The van der Waals surface area contributed by atoms with Crippen LogP contribution in [0.3, 0.4) is 0 Å². The number of para-hydroxylation sites is 1. The molecule has 0 unspecified atom stereocenters. The van der Waals surface area contributed by atoms with E-state index in [2.05, 4.69) is 25.0 Å². The summed E-state index contributed by atoms with van der Waals surface area (Å²) in [5.74, 6) is 1.76. The average molecular weight is 289 g/mol. The number of thiocarbonyl (C=S) groups is 1. The van der Waals surface area contributed by atoms with E-state index >= 15 is 0 Å². The van der Waals surface area contributed by atoms with Gasteiger partial charge in [-0.25, -0.2) is 4.68 Å². The topological polar surface area (TPSA) is 53.1 Å². The molecule has 20 heavy (non-hydrogen) atoms. The van der Waals surface area contributed by atoms with E-state index in [1.54, 1.807) is 4.68 Å². The van der Waals surface area contributed by atoms with Crippen LogP contribution in [-0.4, -0.2) is 14.8 Å². The van der Waals surface area contributed by atoms with Gasteiger partial charge in [0, 0.05) is 7.05 Å². The molecule has 2 rings (SSSR count). The first-order valence-corrected chi connectivity index (χ1v) is 6.92. The van der Waals surface area contributed by atoms with Gasteiger partial charge >= 0.3 is 0 Å². The Labute approximate surface area is 124 Å². The van der Waals surface area contributed by atoms with Crippen molar-refractivity contribution in [2.24, 2.45) is 12.8 Å². The van der Waals surface area contributed by atoms with Crippen LogP contribution in [0, 0.1) is 6.92 Å². The molecule has 1 heterocycles. The highest BCUT2D eigenvalue weighted by Crippen LogP contribution is 2.32. The van der Waals surface area contributed by atoms with Gasteiger partial charge in [-0.15, -0.1) is 0 Å². The zero-order chi connectivity index (χ0) is 14.9. The van der Waals surface area contributed by atoms with Crippen molar-refractivity contribution in [1.29, 1.82) is 0 Å². The Morgan fingerprint density at radius 3 is 2.60 bits per heavy atom. The van der Waals surface area contributed by atoms with Crippen LogP contribution < -0.4 is 10.5 Å². The lowest BCUT2D eigenvalue weighted by molar-refractivity contribution is 0.423. The molecule has 0 spiro atoms. The summed E-state index contributed by atoms with van der Waals surface area (Å²) in [5.41, 5.74) is 8.39. The van der Waals surface area contributed by atoms with Crippen molar-refractivity contribution in [3.05, 3.63) is 41.1 Å². The van der Waals surface area contributed by atoms with Gasteiger partial charge in [0.05, 0.1) is 11.3 Å². The van der Waals surface area contributed by atoms with Gasteiger partial charge in [0.15, 0.2) is 0 Å². The molecule has 0 saturated carbocycles. The minimum atomic E-state index is 0.299. The van der Waals surface area contributed by atoms with Crippen LogP contribution in [0.15, 0.2) is 24.3 Å². The van der Waals surface area contributed by atoms with Crippen molar-refractivity contribution in [2.75, 3.05) is 0 Å². The maximum absolute atomic E-state index is 6.05. The van der Waals surface area contributed by atoms with E-state index in [0.717, 1.165) is 17.0 Å². The number of benzene rings is 1. The minimum Gasteiger partial charge on any atom is -0.438 e. The lowest BCUT2D eigenvalue weighted by Crippen LogP contribution is -2.11. The fraction of sp³-hybridized carbons (Fsp3) is 0.333. The molecular weight excluding hydrogens is 270 g/mol. The van der Waals surface area contributed by atoms with Crippen molar-refractivity contribution in [3.63, 3.8) is 0 Å². The average Bonchev–Trinajstić information content (AvgIpc) is 2.64. The van der Waals surface area contributed by atoms with Gasteiger partial charge in [-0.1, -0.05) is 44.3 Å². The van der Waals surface area contributed by atoms with Gasteiger partial charge in [0.1, 0.15) is 10.7 Å². The molecule has 0 amide bonds. The van der Waals surface area contributed by atoms with Gasteiger partial charge in [0.2, 0.25) is 5.88 Å². The summed E-state index contributed by atoms with van der Waals surface area (Å²) in [6.07, 6.45) is 0. The zero-order valence-electron chi connectivity index (χ0n) is 12.2. The Bertz CT molecular complexity index is 647. The molecule has 1 aromatic heterocycles. The van der Waals surface area contributed by atoms with Crippen LogP contribution in [0.5, 0.6) is 11.6 Å². The highest BCUT2D eigenvalue weighted by Gasteiger charge is 2.19. The molecule has 0 atom stereocenters. The molecular formula is C15H19N3OS. The first-order valence-electron chi connectivity index (χ1n) is 6.52. The van der Waals surface area contributed by atoms with Gasteiger partial charge in [-0.3, -0.25) is 0 Å². The maximum atomic E-state index is 6.05. The van der Waals surface area contributed by atoms with Crippen LogP contribution in [0.25, 0.3) is 0 Å². The predicted molar refractivity (Wildman–Crippen MR) is 84.4 cm³/mol. The molecule has 2 aromatic rings. The SMILES string of the molecule is Cc1nn(C)c(Oc2ccccc2C(C)C)c1C(N)=S. The van der Waals surface area contributed by atoms with Crippen molar-refractivity contribution >= 4 is 17.2 Å². The summed E-state index contributed by atoms with van der Waals surface area (Å²) < 4.78 is 7.72. The number of aryl methyl sites for hydroxylation is 2. The Kier molecular flexibility index (Phi) is 4.09. The van der Waals surface area contributed by atoms with E-state index in [4.69, 9.17) is 22.7 Å². The summed E-state index contributed by atoms with van der Waals surface area (Å²) in [5, 5.41) is 4.33. The van der Waals surface area contributed by atoms with E-state index in [-0.39, 0.29) is 0 Å². The van der Waals surface area contributed by atoms with Crippen LogP contribution in [-0.2, 0) is 7.05 Å². The van der Waals surface area contributed by atoms with E-state index in [9.17, 15) is 0 Å². The molecule has 0 aliphatic rings. The molecule has 2 N–H and O–H groups in total. The van der Waals surface area contributed by atoms with E-state index in [1.165, 1.54) is 0 Å². The summed E-state index contributed by atoms with van der Waals surface area (Å²) in [6, 6.07) is 7.96. The maximum Gasteiger partial charge on any atom is 0.228 e. The fourth-order valence-corrected chi connectivity index (χ4v) is 2.43. The number of aromatic nitrogens is 2. The molecule has 4 nitrogen and oxygen atoms in total. The van der Waals surface area contributed by atoms with Gasteiger partial charge in [-0.2, -0.15) is 5.10 Å². The lowest BCUT2D eigenvalue weighted by Gasteiger charge is -2.14. The second kappa shape index (κ2) is 5.63. The number of rotatable bonds is 4. The van der Waals surface area contributed by atoms with Crippen LogP contribution in [0.2, 0.25) is 0 Å².